The highest BCUT2D eigenvalue weighted by atomic mass is 32.2. The second-order valence-corrected chi connectivity index (χ2v) is 7.52. The van der Waals surface area contributed by atoms with E-state index in [2.05, 4.69) is 47.8 Å². The second-order valence-electron chi connectivity index (χ2n) is 6.29. The highest BCUT2D eigenvalue weighted by Gasteiger charge is 2.34. The molecule has 1 aliphatic carbocycles. The number of aromatic amines is 1. The van der Waals surface area contributed by atoms with Gasteiger partial charge in [-0.1, -0.05) is 12.8 Å². The van der Waals surface area contributed by atoms with E-state index in [0.29, 0.717) is 17.3 Å². The van der Waals surface area contributed by atoms with Gasteiger partial charge in [-0.15, -0.1) is 11.8 Å². The topological polar surface area (TPSA) is 64.3 Å². The van der Waals surface area contributed by atoms with Gasteiger partial charge in [-0.2, -0.15) is 5.10 Å². The zero-order chi connectivity index (χ0) is 16.2. The Hall–Kier alpha value is -2.02. The van der Waals surface area contributed by atoms with Gasteiger partial charge >= 0.3 is 0 Å². The van der Waals surface area contributed by atoms with E-state index >= 15 is 0 Å². The number of rotatable bonds is 5. The fourth-order valence-electron chi connectivity index (χ4n) is 3.66. The number of imidazole rings is 2. The van der Waals surface area contributed by atoms with Gasteiger partial charge in [0.2, 0.25) is 0 Å². The lowest BCUT2D eigenvalue weighted by molar-refractivity contribution is 0.313. The fraction of sp³-hybridized carbons (Fsp3) is 0.471. The molecule has 0 amide bonds. The molecule has 0 saturated heterocycles. The van der Waals surface area contributed by atoms with Crippen molar-refractivity contribution in [1.82, 2.24) is 29.3 Å². The lowest BCUT2D eigenvalue weighted by atomic mass is 10.0. The predicted octanol–water partition coefficient (Wildman–Crippen LogP) is 3.46. The molecule has 0 spiro atoms. The zero-order valence-electron chi connectivity index (χ0n) is 13.5. The third kappa shape index (κ3) is 3.26. The maximum Gasteiger partial charge on any atom is 0.0949 e. The fourth-order valence-corrected chi connectivity index (χ4v) is 5.07. The van der Waals surface area contributed by atoms with Gasteiger partial charge in [-0.05, 0) is 18.9 Å². The number of aromatic nitrogens is 6. The van der Waals surface area contributed by atoms with E-state index in [-0.39, 0.29) is 0 Å². The quantitative estimate of drug-likeness (QED) is 0.721. The molecular weight excluding hydrogens is 320 g/mol. The Balaban J connectivity index is 1.61. The molecule has 6 nitrogen and oxygen atoms in total. The van der Waals surface area contributed by atoms with E-state index in [1.807, 2.05) is 43.0 Å². The molecule has 4 rings (SSSR count). The second kappa shape index (κ2) is 7.25. The number of H-pyrrole nitrogens is 1. The van der Waals surface area contributed by atoms with Crippen LogP contribution in [0.15, 0.2) is 49.7 Å². The van der Waals surface area contributed by atoms with Gasteiger partial charge in [0, 0.05) is 47.7 Å². The van der Waals surface area contributed by atoms with Crippen LogP contribution in [0.1, 0.15) is 43.5 Å². The maximum absolute atomic E-state index is 4.30. The number of nitrogens with one attached hydrogen (secondary N) is 1. The molecule has 24 heavy (non-hydrogen) atoms. The van der Waals surface area contributed by atoms with Gasteiger partial charge in [-0.25, -0.2) is 9.97 Å². The molecule has 0 aliphatic heterocycles. The maximum atomic E-state index is 4.30. The van der Waals surface area contributed by atoms with Crippen molar-refractivity contribution < 1.29 is 0 Å². The largest absolute Gasteiger partial charge is 0.332 e. The van der Waals surface area contributed by atoms with Crippen molar-refractivity contribution in [1.29, 1.82) is 0 Å². The van der Waals surface area contributed by atoms with E-state index in [9.17, 15) is 0 Å². The number of hydrogen-bond donors (Lipinski definition) is 1. The van der Waals surface area contributed by atoms with Gasteiger partial charge in [-0.3, -0.25) is 5.10 Å². The van der Waals surface area contributed by atoms with E-state index in [4.69, 9.17) is 0 Å². The average Bonchev–Trinajstić information content (AvgIpc) is 3.35. The monoisotopic (exact) mass is 342 g/mol. The third-order valence-electron chi connectivity index (χ3n) is 4.80. The van der Waals surface area contributed by atoms with Gasteiger partial charge < -0.3 is 9.13 Å². The summed E-state index contributed by atoms with van der Waals surface area (Å²) in [5.74, 6) is 0.965. The highest BCUT2D eigenvalue weighted by molar-refractivity contribution is 7.99. The van der Waals surface area contributed by atoms with Crippen LogP contribution < -0.4 is 0 Å². The van der Waals surface area contributed by atoms with E-state index in [0.717, 1.165) is 5.75 Å². The first-order valence-corrected chi connectivity index (χ1v) is 9.51. The summed E-state index contributed by atoms with van der Waals surface area (Å²) in [6, 6.07) is 2.86. The average molecular weight is 342 g/mol. The van der Waals surface area contributed by atoms with Crippen molar-refractivity contribution in [3.05, 3.63) is 55.4 Å². The summed E-state index contributed by atoms with van der Waals surface area (Å²) < 4.78 is 4.57. The summed E-state index contributed by atoms with van der Waals surface area (Å²) in [6.45, 7) is 0. The molecule has 1 saturated carbocycles. The zero-order valence-corrected chi connectivity index (χ0v) is 14.3. The standard InChI is InChI=1S/C17H22N6S/c1-2-4-16(24-11-14-5-6-20-21-14)17(23-10-8-19-13-23)15(3-1)22-9-7-18-12-22/h5-10,12-13,15-17H,1-4,11H2,(H,20,21). The molecule has 3 heterocycles. The van der Waals surface area contributed by atoms with Gasteiger partial charge in [0.05, 0.1) is 24.7 Å². The first-order valence-electron chi connectivity index (χ1n) is 8.46. The summed E-state index contributed by atoms with van der Waals surface area (Å²) >= 11 is 2.02. The minimum atomic E-state index is 0.386. The molecule has 3 atom stereocenters. The Bertz CT molecular complexity index is 706. The van der Waals surface area contributed by atoms with Gasteiger partial charge in [0.1, 0.15) is 0 Å². The van der Waals surface area contributed by atoms with Crippen LogP contribution in [0.4, 0.5) is 0 Å². The first-order chi connectivity index (χ1) is 11.9. The lowest BCUT2D eigenvalue weighted by Crippen LogP contribution is -2.29. The van der Waals surface area contributed by atoms with Crippen LogP contribution in [0.3, 0.4) is 0 Å². The Labute approximate surface area is 145 Å². The number of nitrogens with zero attached hydrogens (tertiary/aromatic N) is 5. The normalized spacial score (nSPS) is 24.8. The van der Waals surface area contributed by atoms with Crippen LogP contribution in [-0.4, -0.2) is 34.5 Å². The van der Waals surface area contributed by atoms with Crippen molar-refractivity contribution in [2.75, 3.05) is 0 Å². The molecule has 1 N–H and O–H groups in total. The Morgan fingerprint density at radius 1 is 1.04 bits per heavy atom. The molecule has 1 fully saturated rings. The molecular formula is C17H22N6S. The van der Waals surface area contributed by atoms with Crippen LogP contribution in [-0.2, 0) is 5.75 Å². The van der Waals surface area contributed by atoms with E-state index in [1.165, 1.54) is 31.4 Å². The molecule has 126 valence electrons. The summed E-state index contributed by atoms with van der Waals surface area (Å²) in [4.78, 5) is 8.57. The SMILES string of the molecule is c1cn(C2CCCCC(SCc3ccn[nH]3)C2n2ccnc2)cn1. The predicted molar refractivity (Wildman–Crippen MR) is 94.7 cm³/mol. The number of thioether (sulfide) groups is 1. The van der Waals surface area contributed by atoms with Crippen LogP contribution in [0.5, 0.6) is 0 Å². The Morgan fingerprint density at radius 3 is 2.54 bits per heavy atom. The Morgan fingerprint density at radius 2 is 1.83 bits per heavy atom. The van der Waals surface area contributed by atoms with Crippen molar-refractivity contribution in [2.24, 2.45) is 0 Å². The van der Waals surface area contributed by atoms with Gasteiger partial charge in [0.25, 0.3) is 0 Å². The van der Waals surface area contributed by atoms with Crippen LogP contribution >= 0.6 is 11.8 Å². The number of hydrogen-bond acceptors (Lipinski definition) is 4. The van der Waals surface area contributed by atoms with Crippen LogP contribution in [0.2, 0.25) is 0 Å². The third-order valence-corrected chi connectivity index (χ3v) is 6.22. The minimum absolute atomic E-state index is 0.386. The molecule has 7 heteroatoms. The smallest absolute Gasteiger partial charge is 0.0949 e. The van der Waals surface area contributed by atoms with Gasteiger partial charge in [0.15, 0.2) is 0 Å². The van der Waals surface area contributed by atoms with Crippen molar-refractivity contribution >= 4 is 11.8 Å². The Kier molecular flexibility index (Phi) is 4.69. The molecule has 1 aliphatic rings. The van der Waals surface area contributed by atoms with Crippen molar-refractivity contribution in [3.63, 3.8) is 0 Å². The molecule has 0 bridgehead atoms. The minimum Gasteiger partial charge on any atom is -0.332 e. The molecule has 3 unspecified atom stereocenters. The summed E-state index contributed by atoms with van der Waals surface area (Å²) in [5.41, 5.74) is 1.19. The van der Waals surface area contributed by atoms with Crippen molar-refractivity contribution in [3.8, 4) is 0 Å². The molecule has 0 aromatic carbocycles. The van der Waals surface area contributed by atoms with Crippen LogP contribution in [0, 0.1) is 0 Å². The van der Waals surface area contributed by atoms with E-state index < -0.39 is 0 Å². The molecule has 0 radical (unpaired) electrons. The molecule has 3 aromatic heterocycles. The van der Waals surface area contributed by atoms with E-state index in [1.54, 1.807) is 0 Å². The summed E-state index contributed by atoms with van der Waals surface area (Å²) in [7, 11) is 0. The van der Waals surface area contributed by atoms with Crippen molar-refractivity contribution in [2.45, 2.75) is 48.8 Å². The highest BCUT2D eigenvalue weighted by Crippen LogP contribution is 2.42. The molecule has 3 aromatic rings. The summed E-state index contributed by atoms with van der Waals surface area (Å²) in [5, 5.41) is 7.68. The summed E-state index contributed by atoms with van der Waals surface area (Å²) in [6.07, 6.45) is 18.6. The lowest BCUT2D eigenvalue weighted by Gasteiger charge is -2.33. The van der Waals surface area contributed by atoms with Crippen LogP contribution in [0.25, 0.3) is 0 Å². The first kappa shape index (κ1) is 15.5.